The number of amides is 1. The number of hydrogen-bond donors (Lipinski definition) is 3. The number of alkyl halides is 3. The summed E-state index contributed by atoms with van der Waals surface area (Å²) >= 11 is 1.09. The molecule has 210 valence electrons. The molecule has 12 heteroatoms. The molecule has 8 nitrogen and oxygen atoms in total. The van der Waals surface area contributed by atoms with Crippen LogP contribution in [0, 0.1) is 5.41 Å². The van der Waals surface area contributed by atoms with Gasteiger partial charge in [-0.1, -0.05) is 0 Å². The van der Waals surface area contributed by atoms with Crippen LogP contribution in [0.1, 0.15) is 34.5 Å². The van der Waals surface area contributed by atoms with Crippen LogP contribution in [0.3, 0.4) is 0 Å². The number of halogens is 3. The molecule has 5 rings (SSSR count). The van der Waals surface area contributed by atoms with Crippen LogP contribution in [0.5, 0.6) is 0 Å². The summed E-state index contributed by atoms with van der Waals surface area (Å²) in [6.07, 6.45) is -0.715. The second-order valence-corrected chi connectivity index (χ2v) is 12.0. The van der Waals surface area contributed by atoms with Crippen LogP contribution in [0.4, 0.5) is 30.4 Å². The molecule has 0 radical (unpaired) electrons. The molecule has 2 fully saturated rings. The zero-order valence-corrected chi connectivity index (χ0v) is 23.2. The average molecular weight is 562 g/mol. The van der Waals surface area contributed by atoms with Crippen molar-refractivity contribution in [3.63, 3.8) is 0 Å². The predicted octanol–water partition coefficient (Wildman–Crippen LogP) is 4.60. The van der Waals surface area contributed by atoms with Gasteiger partial charge in [-0.05, 0) is 63.0 Å². The van der Waals surface area contributed by atoms with Gasteiger partial charge < -0.3 is 25.8 Å². The second-order valence-electron chi connectivity index (χ2n) is 10.9. The molecule has 0 atom stereocenters. The molecule has 1 saturated carbocycles. The van der Waals surface area contributed by atoms with Crippen molar-refractivity contribution in [3.8, 4) is 0 Å². The molecule has 1 aliphatic heterocycles. The molecule has 3 aromatic rings. The highest BCUT2D eigenvalue weighted by molar-refractivity contribution is 7.18. The number of aromatic nitrogens is 2. The SMILES string of the molecule is CNC(=O)c1ccc(NC2CC3(CCN(c4ncnc5sc(CC(F)(F)F)cc45)C3)C2)cc1NCCN(C)C. The van der Waals surface area contributed by atoms with Crippen LogP contribution < -0.4 is 20.9 Å². The minimum atomic E-state index is -4.24. The van der Waals surface area contributed by atoms with Gasteiger partial charge in [-0.15, -0.1) is 11.3 Å². The lowest BCUT2D eigenvalue weighted by molar-refractivity contribution is -0.126. The van der Waals surface area contributed by atoms with Gasteiger partial charge in [0.2, 0.25) is 0 Å². The second kappa shape index (κ2) is 10.8. The van der Waals surface area contributed by atoms with Crippen molar-refractivity contribution in [2.75, 3.05) is 62.9 Å². The van der Waals surface area contributed by atoms with E-state index in [0.717, 1.165) is 74.0 Å². The van der Waals surface area contributed by atoms with Crippen LogP contribution in [-0.4, -0.2) is 80.3 Å². The molecular formula is C27H34F3N7OS. The van der Waals surface area contributed by atoms with Crippen LogP contribution in [-0.2, 0) is 6.42 Å². The van der Waals surface area contributed by atoms with Crippen molar-refractivity contribution in [1.29, 1.82) is 0 Å². The van der Waals surface area contributed by atoms with E-state index in [1.807, 2.05) is 32.3 Å². The number of carbonyl (C=O) groups is 1. The predicted molar refractivity (Wildman–Crippen MR) is 150 cm³/mol. The number of hydrogen-bond acceptors (Lipinski definition) is 8. The molecule has 39 heavy (non-hydrogen) atoms. The molecule has 0 unspecified atom stereocenters. The Hall–Kier alpha value is -3.12. The van der Waals surface area contributed by atoms with Crippen LogP contribution in [0.25, 0.3) is 10.2 Å². The van der Waals surface area contributed by atoms with E-state index in [1.165, 1.54) is 6.33 Å². The van der Waals surface area contributed by atoms with Crippen LogP contribution in [0.2, 0.25) is 0 Å². The van der Waals surface area contributed by atoms with Crippen LogP contribution in [0.15, 0.2) is 30.6 Å². The van der Waals surface area contributed by atoms with Crippen molar-refractivity contribution in [3.05, 3.63) is 41.0 Å². The molecule has 3 heterocycles. The fourth-order valence-corrected chi connectivity index (χ4v) is 6.75. The highest BCUT2D eigenvalue weighted by Crippen LogP contribution is 2.50. The van der Waals surface area contributed by atoms with Crippen molar-refractivity contribution < 1.29 is 18.0 Å². The van der Waals surface area contributed by atoms with E-state index in [9.17, 15) is 18.0 Å². The summed E-state index contributed by atoms with van der Waals surface area (Å²) in [5, 5.41) is 10.4. The fraction of sp³-hybridized carbons (Fsp3) is 0.519. The lowest BCUT2D eigenvalue weighted by atomic mass is 9.65. The monoisotopic (exact) mass is 561 g/mol. The first kappa shape index (κ1) is 27.4. The van der Waals surface area contributed by atoms with Crippen molar-refractivity contribution >= 4 is 44.7 Å². The first-order valence-electron chi connectivity index (χ1n) is 13.1. The molecule has 3 N–H and O–H groups in total. The maximum Gasteiger partial charge on any atom is 0.393 e. The van der Waals surface area contributed by atoms with Crippen LogP contribution >= 0.6 is 11.3 Å². The van der Waals surface area contributed by atoms with E-state index in [4.69, 9.17) is 0 Å². The van der Waals surface area contributed by atoms with Crippen molar-refractivity contribution in [2.45, 2.75) is 37.9 Å². The van der Waals surface area contributed by atoms with Gasteiger partial charge in [0.25, 0.3) is 5.91 Å². The molecule has 1 saturated heterocycles. The average Bonchev–Trinajstić information content (AvgIpc) is 3.46. The van der Waals surface area contributed by atoms with Gasteiger partial charge in [0.05, 0.1) is 17.4 Å². The first-order chi connectivity index (χ1) is 18.5. The minimum absolute atomic E-state index is 0.127. The number of anilines is 3. The summed E-state index contributed by atoms with van der Waals surface area (Å²) in [6.45, 7) is 3.22. The number of rotatable bonds is 9. The largest absolute Gasteiger partial charge is 0.393 e. The summed E-state index contributed by atoms with van der Waals surface area (Å²) in [5.41, 5.74) is 2.55. The van der Waals surface area contributed by atoms with Gasteiger partial charge in [-0.2, -0.15) is 13.2 Å². The summed E-state index contributed by atoms with van der Waals surface area (Å²) < 4.78 is 38.8. The number of thiophene rings is 1. The number of carbonyl (C=O) groups excluding carboxylic acids is 1. The molecule has 1 spiro atoms. The Morgan fingerprint density at radius 3 is 2.74 bits per heavy atom. The lowest BCUT2D eigenvalue weighted by Crippen LogP contribution is -2.46. The van der Waals surface area contributed by atoms with Gasteiger partial charge in [-0.25, -0.2) is 9.97 Å². The Kier molecular flexibility index (Phi) is 7.60. The van der Waals surface area contributed by atoms with E-state index in [1.54, 1.807) is 13.1 Å². The molecule has 2 aromatic heterocycles. The number of likely N-dealkylation sites (N-methyl/N-ethyl adjacent to an activating group) is 1. The number of benzene rings is 1. The number of nitrogens with zero attached hydrogens (tertiary/aromatic N) is 4. The Bertz CT molecular complexity index is 1340. The third kappa shape index (κ3) is 6.22. The highest BCUT2D eigenvalue weighted by atomic mass is 32.1. The number of nitrogens with one attached hydrogen (secondary N) is 3. The van der Waals surface area contributed by atoms with E-state index in [2.05, 4.69) is 35.7 Å². The van der Waals surface area contributed by atoms with Gasteiger partial charge in [0.1, 0.15) is 17.0 Å². The summed E-state index contributed by atoms with van der Waals surface area (Å²) in [6, 6.07) is 7.71. The topological polar surface area (TPSA) is 85.4 Å². The normalized spacial score (nSPS) is 21.0. The molecule has 1 aromatic carbocycles. The van der Waals surface area contributed by atoms with E-state index >= 15 is 0 Å². The molecule has 2 aliphatic rings. The Labute approximate surface area is 230 Å². The standard InChI is InChI=1S/C27H34F3N7OS/c1-31-24(38)20-5-4-17(10-22(20)32-7-9-36(2)3)35-18-12-26(13-18)6-8-37(15-26)23-21-11-19(14-27(28,29)30)39-25(21)34-16-33-23/h4-5,10-11,16,18,32,35H,6-9,12-15H2,1-3H3,(H,31,38). The molecule has 1 amide bonds. The highest BCUT2D eigenvalue weighted by Gasteiger charge is 2.49. The Balaban J connectivity index is 1.23. The smallest absolute Gasteiger partial charge is 0.383 e. The maximum absolute atomic E-state index is 12.9. The number of fused-ring (bicyclic) bond motifs is 1. The van der Waals surface area contributed by atoms with Gasteiger partial charge in [0, 0.05) is 55.5 Å². The Morgan fingerprint density at radius 1 is 1.23 bits per heavy atom. The van der Waals surface area contributed by atoms with E-state index in [0.29, 0.717) is 21.8 Å². The van der Waals surface area contributed by atoms with Crippen molar-refractivity contribution in [2.24, 2.45) is 5.41 Å². The van der Waals surface area contributed by atoms with Gasteiger partial charge in [0.15, 0.2) is 0 Å². The fourth-order valence-electron chi connectivity index (χ4n) is 5.73. The van der Waals surface area contributed by atoms with Gasteiger partial charge in [-0.3, -0.25) is 4.79 Å². The van der Waals surface area contributed by atoms with E-state index in [-0.39, 0.29) is 16.2 Å². The molecule has 0 bridgehead atoms. The molecule has 1 aliphatic carbocycles. The summed E-state index contributed by atoms with van der Waals surface area (Å²) in [5.74, 6) is 0.605. The first-order valence-corrected chi connectivity index (χ1v) is 13.9. The zero-order valence-electron chi connectivity index (χ0n) is 22.4. The third-order valence-electron chi connectivity index (χ3n) is 7.57. The maximum atomic E-state index is 12.9. The van der Waals surface area contributed by atoms with Crippen molar-refractivity contribution in [1.82, 2.24) is 20.2 Å². The van der Waals surface area contributed by atoms with Gasteiger partial charge >= 0.3 is 6.18 Å². The molecular weight excluding hydrogens is 527 g/mol. The van der Waals surface area contributed by atoms with E-state index < -0.39 is 12.6 Å². The summed E-state index contributed by atoms with van der Waals surface area (Å²) in [7, 11) is 5.65. The quantitative estimate of drug-likeness (QED) is 0.352. The zero-order chi connectivity index (χ0) is 27.8. The summed E-state index contributed by atoms with van der Waals surface area (Å²) in [4.78, 5) is 26.2. The third-order valence-corrected chi connectivity index (χ3v) is 8.61. The lowest BCUT2D eigenvalue weighted by Gasteiger charge is -2.46. The Morgan fingerprint density at radius 2 is 2.03 bits per heavy atom. The minimum Gasteiger partial charge on any atom is -0.383 e.